The number of pyridine rings is 1. The highest BCUT2D eigenvalue weighted by Crippen LogP contribution is 2.38. The number of nitrogens with one attached hydrogen (secondary N) is 3. The second-order valence-corrected chi connectivity index (χ2v) is 11.6. The average Bonchev–Trinajstić information content (AvgIpc) is 3.45. The van der Waals surface area contributed by atoms with Crippen molar-refractivity contribution in [2.24, 2.45) is 5.41 Å². The van der Waals surface area contributed by atoms with Crippen molar-refractivity contribution in [1.82, 2.24) is 20.0 Å². The van der Waals surface area contributed by atoms with Crippen LogP contribution in [0.3, 0.4) is 0 Å². The van der Waals surface area contributed by atoms with E-state index in [1.165, 1.54) is 5.56 Å². The van der Waals surface area contributed by atoms with Crippen LogP contribution in [0.2, 0.25) is 0 Å². The summed E-state index contributed by atoms with van der Waals surface area (Å²) in [6.45, 7) is 7.96. The summed E-state index contributed by atoms with van der Waals surface area (Å²) in [6.07, 6.45) is 6.76. The Labute approximate surface area is 227 Å². The molecular formula is C30H31N9. The van der Waals surface area contributed by atoms with Crippen molar-refractivity contribution >= 4 is 28.0 Å². The van der Waals surface area contributed by atoms with Gasteiger partial charge in [0.25, 0.3) is 0 Å². The molecule has 2 aromatic heterocycles. The minimum Gasteiger partial charge on any atom is -0.384 e. The van der Waals surface area contributed by atoms with Gasteiger partial charge in [0.2, 0.25) is 0 Å². The van der Waals surface area contributed by atoms with Gasteiger partial charge in [-0.25, -0.2) is 4.68 Å². The minimum atomic E-state index is -0.269. The summed E-state index contributed by atoms with van der Waals surface area (Å²) in [4.78, 5) is 4.49. The van der Waals surface area contributed by atoms with Crippen LogP contribution in [-0.2, 0) is 6.42 Å². The van der Waals surface area contributed by atoms with Gasteiger partial charge in [-0.3, -0.25) is 4.98 Å². The minimum absolute atomic E-state index is 0.00353. The molecule has 2 aromatic carbocycles. The van der Waals surface area contributed by atoms with E-state index >= 15 is 0 Å². The Morgan fingerprint density at radius 2 is 1.97 bits per heavy atom. The molecule has 9 nitrogen and oxygen atoms in total. The maximum atomic E-state index is 10.1. The molecule has 4 aromatic rings. The lowest BCUT2D eigenvalue weighted by molar-refractivity contribution is 0.443. The predicted molar refractivity (Wildman–Crippen MR) is 152 cm³/mol. The summed E-state index contributed by atoms with van der Waals surface area (Å²) >= 11 is 0. The Hall–Kier alpha value is -4.63. The van der Waals surface area contributed by atoms with Crippen LogP contribution in [0, 0.1) is 28.1 Å². The van der Waals surface area contributed by atoms with Crippen LogP contribution < -0.4 is 16.0 Å². The average molecular weight is 518 g/mol. The topological polar surface area (TPSA) is 127 Å². The lowest BCUT2D eigenvalue weighted by atomic mass is 9.95. The molecule has 1 unspecified atom stereocenters. The zero-order valence-electron chi connectivity index (χ0n) is 22.4. The van der Waals surface area contributed by atoms with Gasteiger partial charge in [0.05, 0.1) is 40.6 Å². The van der Waals surface area contributed by atoms with Crippen molar-refractivity contribution in [3.63, 3.8) is 0 Å². The number of hydrogen-bond acceptors (Lipinski definition) is 8. The lowest BCUT2D eigenvalue weighted by Crippen LogP contribution is -2.20. The summed E-state index contributed by atoms with van der Waals surface area (Å²) < 4.78 is 1.96. The summed E-state index contributed by atoms with van der Waals surface area (Å²) in [5.74, 6) is 0. The van der Waals surface area contributed by atoms with E-state index in [0.29, 0.717) is 34.9 Å². The second kappa shape index (κ2) is 9.59. The third-order valence-corrected chi connectivity index (χ3v) is 7.28. The molecule has 2 aliphatic rings. The fourth-order valence-electron chi connectivity index (χ4n) is 5.16. The molecule has 1 atom stereocenters. The molecule has 3 N–H and O–H groups in total. The maximum Gasteiger partial charge on any atom is 0.109 e. The number of rotatable bonds is 7. The van der Waals surface area contributed by atoms with Gasteiger partial charge in [-0.2, -0.15) is 10.5 Å². The van der Waals surface area contributed by atoms with Crippen molar-refractivity contribution in [3.8, 4) is 12.1 Å². The molecule has 9 heteroatoms. The Kier molecular flexibility index (Phi) is 6.07. The van der Waals surface area contributed by atoms with Crippen LogP contribution in [0.5, 0.6) is 0 Å². The van der Waals surface area contributed by atoms with Crippen molar-refractivity contribution in [1.29, 1.82) is 10.5 Å². The van der Waals surface area contributed by atoms with Gasteiger partial charge in [-0.15, -0.1) is 5.10 Å². The van der Waals surface area contributed by atoms with E-state index in [-0.39, 0.29) is 11.5 Å². The third-order valence-electron chi connectivity index (χ3n) is 7.28. The summed E-state index contributed by atoms with van der Waals surface area (Å²) in [5, 5.41) is 40.3. The van der Waals surface area contributed by atoms with Crippen LogP contribution in [0.15, 0.2) is 42.7 Å². The van der Waals surface area contributed by atoms with Gasteiger partial charge >= 0.3 is 0 Å². The quantitative estimate of drug-likeness (QED) is 0.292. The normalized spacial score (nSPS) is 15.2. The first-order valence-electron chi connectivity index (χ1n) is 13.4. The van der Waals surface area contributed by atoms with Crippen LogP contribution in [-0.4, -0.2) is 33.1 Å². The van der Waals surface area contributed by atoms with Gasteiger partial charge in [-0.05, 0) is 54.0 Å². The SMILES string of the molecule is CC(C)(C)CNc1c(C#N)cnc2c(C#N)cc(NC(c3cn(C4CC4)nn3)c3cccc4c3CCN4)cc12. The Morgan fingerprint density at radius 1 is 1.15 bits per heavy atom. The Bertz CT molecular complexity index is 1640. The standard InChI is InChI=1S/C30H31N9/c1-30(2,3)17-35-28-19(14-32)15-34-27-18(13-31)11-20(12-24(27)28)36-29(26-16-39(38-37-26)21-7-8-21)23-5-4-6-25-22(23)9-10-33-25/h4-6,11-12,15-16,21,29,33,36H,7-10,17H2,1-3H3,(H,34,35). The fourth-order valence-corrected chi connectivity index (χ4v) is 5.16. The lowest BCUT2D eigenvalue weighted by Gasteiger charge is -2.23. The van der Waals surface area contributed by atoms with Gasteiger partial charge in [0, 0.05) is 36.0 Å². The molecule has 196 valence electrons. The van der Waals surface area contributed by atoms with Crippen molar-refractivity contribution in [2.45, 2.75) is 52.1 Å². The largest absolute Gasteiger partial charge is 0.384 e. The molecule has 3 heterocycles. The molecule has 1 aliphatic carbocycles. The number of nitrogens with zero attached hydrogens (tertiary/aromatic N) is 6. The first-order chi connectivity index (χ1) is 18.8. The van der Waals surface area contributed by atoms with Gasteiger partial charge in [0.1, 0.15) is 17.8 Å². The molecule has 39 heavy (non-hydrogen) atoms. The van der Waals surface area contributed by atoms with E-state index in [0.717, 1.165) is 53.8 Å². The monoisotopic (exact) mass is 517 g/mol. The molecule has 0 radical (unpaired) electrons. The van der Waals surface area contributed by atoms with Gasteiger partial charge < -0.3 is 16.0 Å². The van der Waals surface area contributed by atoms with E-state index in [1.54, 1.807) is 6.20 Å². The highest BCUT2D eigenvalue weighted by atomic mass is 15.4. The summed E-state index contributed by atoms with van der Waals surface area (Å²) in [7, 11) is 0. The fraction of sp³-hybridized carbons (Fsp3) is 0.367. The first-order valence-corrected chi connectivity index (χ1v) is 13.4. The number of hydrogen-bond donors (Lipinski definition) is 3. The van der Waals surface area contributed by atoms with Crippen molar-refractivity contribution in [2.75, 3.05) is 29.0 Å². The van der Waals surface area contributed by atoms with Crippen LogP contribution in [0.25, 0.3) is 10.9 Å². The molecule has 1 aliphatic heterocycles. The number of fused-ring (bicyclic) bond motifs is 2. The Morgan fingerprint density at radius 3 is 2.72 bits per heavy atom. The molecule has 1 saturated carbocycles. The maximum absolute atomic E-state index is 10.1. The number of anilines is 3. The second-order valence-electron chi connectivity index (χ2n) is 11.6. The molecule has 6 rings (SSSR count). The van der Waals surface area contributed by atoms with E-state index in [2.05, 4.69) is 82.4 Å². The van der Waals surface area contributed by atoms with Gasteiger partial charge in [0.15, 0.2) is 0 Å². The van der Waals surface area contributed by atoms with Crippen LogP contribution >= 0.6 is 0 Å². The van der Waals surface area contributed by atoms with Crippen LogP contribution in [0.4, 0.5) is 17.1 Å². The highest BCUT2D eigenvalue weighted by Gasteiger charge is 2.29. The highest BCUT2D eigenvalue weighted by molar-refractivity contribution is 5.99. The molecule has 0 spiro atoms. The smallest absolute Gasteiger partial charge is 0.109 e. The molecular weight excluding hydrogens is 486 g/mol. The molecule has 0 bridgehead atoms. The van der Waals surface area contributed by atoms with E-state index in [1.807, 2.05) is 23.0 Å². The number of benzene rings is 2. The Balaban J connectivity index is 1.47. The predicted octanol–water partition coefficient (Wildman–Crippen LogP) is 5.53. The number of nitriles is 2. The zero-order valence-corrected chi connectivity index (χ0v) is 22.4. The van der Waals surface area contributed by atoms with E-state index in [9.17, 15) is 10.5 Å². The summed E-state index contributed by atoms with van der Waals surface area (Å²) in [6, 6.07) is 14.8. The third kappa shape index (κ3) is 4.84. The zero-order chi connectivity index (χ0) is 27.1. The summed E-state index contributed by atoms with van der Waals surface area (Å²) in [5.41, 5.74) is 7.27. The van der Waals surface area contributed by atoms with Gasteiger partial charge in [-0.1, -0.05) is 38.1 Å². The van der Waals surface area contributed by atoms with Crippen LogP contribution in [0.1, 0.15) is 73.6 Å². The van der Waals surface area contributed by atoms with Crippen molar-refractivity contribution in [3.05, 3.63) is 70.7 Å². The van der Waals surface area contributed by atoms with E-state index < -0.39 is 0 Å². The molecule has 1 fully saturated rings. The first kappa shape index (κ1) is 24.7. The van der Waals surface area contributed by atoms with E-state index in [4.69, 9.17) is 0 Å². The molecule has 0 amide bonds. The number of aromatic nitrogens is 4. The molecule has 0 saturated heterocycles. The van der Waals surface area contributed by atoms with Crippen molar-refractivity contribution < 1.29 is 0 Å².